The Morgan fingerprint density at radius 3 is 2.16 bits per heavy atom. The number of anilines is 1. The topological polar surface area (TPSA) is 15.7 Å². The summed E-state index contributed by atoms with van der Waals surface area (Å²) in [6, 6.07) is 22.0. The van der Waals surface area contributed by atoms with Crippen molar-refractivity contribution in [3.63, 3.8) is 0 Å². The van der Waals surface area contributed by atoms with Gasteiger partial charge in [-0.15, -0.1) is 0 Å². The summed E-state index contributed by atoms with van der Waals surface area (Å²) >= 11 is 1.33. The molecule has 32 heavy (non-hydrogen) atoms. The monoisotopic (exact) mass is 458 g/mol. The van der Waals surface area contributed by atoms with Gasteiger partial charge in [0, 0.05) is 43.3 Å². The van der Waals surface area contributed by atoms with Crippen molar-refractivity contribution in [1.29, 1.82) is 0 Å². The highest BCUT2D eigenvalue weighted by Gasteiger charge is 2.33. The summed E-state index contributed by atoms with van der Waals surface area (Å²) in [6.45, 7) is 5.34. The van der Waals surface area contributed by atoms with Crippen molar-refractivity contribution in [2.24, 2.45) is 0 Å². The van der Waals surface area contributed by atoms with E-state index in [4.69, 9.17) is 4.18 Å². The fraction of sp³-hybridized carbons (Fsp3) is 0.280. The first-order chi connectivity index (χ1) is 15.4. The molecule has 1 fully saturated rings. The van der Waals surface area contributed by atoms with Crippen LogP contribution in [0.25, 0.3) is 0 Å². The molecule has 7 heteroatoms. The first-order valence-corrected chi connectivity index (χ1v) is 11.3. The van der Waals surface area contributed by atoms with E-state index < -0.39 is 11.7 Å². The molecule has 0 amide bonds. The zero-order valence-electron chi connectivity index (χ0n) is 17.8. The van der Waals surface area contributed by atoms with E-state index in [1.165, 1.54) is 23.7 Å². The number of aryl methyl sites for hydroxylation is 1. The normalized spacial score (nSPS) is 15.1. The maximum Gasteiger partial charge on any atom is 0.416 e. The minimum absolute atomic E-state index is 0.312. The highest BCUT2D eigenvalue weighted by molar-refractivity contribution is 7.95. The largest absolute Gasteiger partial charge is 0.421 e. The average molecular weight is 459 g/mol. The number of rotatable bonds is 6. The van der Waals surface area contributed by atoms with Crippen molar-refractivity contribution < 1.29 is 17.4 Å². The summed E-state index contributed by atoms with van der Waals surface area (Å²) in [5.41, 5.74) is 2.10. The summed E-state index contributed by atoms with van der Waals surface area (Å²) in [7, 11) is 0. The van der Waals surface area contributed by atoms with Crippen LogP contribution in [0, 0.1) is 6.92 Å². The molecule has 0 radical (unpaired) electrons. The summed E-state index contributed by atoms with van der Waals surface area (Å²) in [5.74, 6) is 0.779. The third kappa shape index (κ3) is 5.78. The molecule has 0 spiro atoms. The lowest BCUT2D eigenvalue weighted by molar-refractivity contribution is -0.138. The van der Waals surface area contributed by atoms with Crippen LogP contribution in [0.15, 0.2) is 77.7 Å². The van der Waals surface area contributed by atoms with E-state index in [1.807, 2.05) is 36.4 Å². The Balaban J connectivity index is 1.29. The molecule has 0 atom stereocenters. The molecule has 0 bridgehead atoms. The first kappa shape index (κ1) is 22.6. The van der Waals surface area contributed by atoms with Crippen molar-refractivity contribution in [2.75, 3.05) is 31.1 Å². The van der Waals surface area contributed by atoms with E-state index in [0.29, 0.717) is 25.2 Å². The third-order valence-electron chi connectivity index (χ3n) is 5.55. The lowest BCUT2D eigenvalue weighted by Gasteiger charge is -2.36. The SMILES string of the molecule is Cc1ccc(SOc2ccc(N3CCN(Cc4ccccc4C(F)(F)F)CC3)cc2)cc1. The minimum Gasteiger partial charge on any atom is -0.421 e. The molecule has 168 valence electrons. The summed E-state index contributed by atoms with van der Waals surface area (Å²) < 4.78 is 45.5. The van der Waals surface area contributed by atoms with Gasteiger partial charge in [-0.1, -0.05) is 35.9 Å². The standard InChI is InChI=1S/C25H25F3N2OS/c1-19-6-12-23(13-7-19)32-31-22-10-8-21(9-11-22)30-16-14-29(15-17-30)18-20-4-2-3-5-24(20)25(26,27)28/h2-13H,14-18H2,1H3. The fourth-order valence-corrected chi connectivity index (χ4v) is 4.29. The number of alkyl halides is 3. The van der Waals surface area contributed by atoms with Crippen molar-refractivity contribution in [3.05, 3.63) is 89.5 Å². The molecule has 3 aromatic rings. The molecule has 0 unspecified atom stereocenters. The van der Waals surface area contributed by atoms with Gasteiger partial charge in [0.2, 0.25) is 0 Å². The quantitative estimate of drug-likeness (QED) is 0.396. The Kier molecular flexibility index (Phi) is 6.96. The van der Waals surface area contributed by atoms with E-state index >= 15 is 0 Å². The van der Waals surface area contributed by atoms with Crippen LogP contribution in [0.4, 0.5) is 18.9 Å². The Morgan fingerprint density at radius 2 is 1.50 bits per heavy atom. The van der Waals surface area contributed by atoms with E-state index in [2.05, 4.69) is 28.9 Å². The van der Waals surface area contributed by atoms with Crippen LogP contribution in [0.1, 0.15) is 16.7 Å². The Bertz CT molecular complexity index is 1010. The summed E-state index contributed by atoms with van der Waals surface area (Å²) in [6.07, 6.45) is -4.32. The minimum atomic E-state index is -4.32. The summed E-state index contributed by atoms with van der Waals surface area (Å²) in [5, 5.41) is 0. The van der Waals surface area contributed by atoms with E-state index in [9.17, 15) is 13.2 Å². The lowest BCUT2D eigenvalue weighted by atomic mass is 10.1. The van der Waals surface area contributed by atoms with E-state index in [0.717, 1.165) is 35.5 Å². The second kappa shape index (κ2) is 9.88. The smallest absolute Gasteiger partial charge is 0.416 e. The number of halogens is 3. The number of benzene rings is 3. The number of hydrogen-bond donors (Lipinski definition) is 0. The maximum atomic E-state index is 13.2. The molecule has 0 aromatic heterocycles. The molecule has 0 saturated carbocycles. The van der Waals surface area contributed by atoms with Crippen LogP contribution < -0.4 is 9.08 Å². The number of nitrogens with zero attached hydrogens (tertiary/aromatic N) is 2. The molecule has 1 aliphatic rings. The first-order valence-electron chi connectivity index (χ1n) is 10.5. The second-order valence-corrected chi connectivity index (χ2v) is 8.70. The molecule has 0 N–H and O–H groups in total. The zero-order valence-corrected chi connectivity index (χ0v) is 18.6. The van der Waals surface area contributed by atoms with Crippen molar-refractivity contribution in [1.82, 2.24) is 4.90 Å². The van der Waals surface area contributed by atoms with Crippen LogP contribution >= 0.6 is 12.0 Å². The van der Waals surface area contributed by atoms with Gasteiger partial charge >= 0.3 is 6.18 Å². The highest BCUT2D eigenvalue weighted by Crippen LogP contribution is 2.33. The van der Waals surface area contributed by atoms with Crippen molar-refractivity contribution in [3.8, 4) is 5.75 Å². The van der Waals surface area contributed by atoms with Gasteiger partial charge in [0.25, 0.3) is 0 Å². The van der Waals surface area contributed by atoms with E-state index in [1.54, 1.807) is 12.1 Å². The van der Waals surface area contributed by atoms with Gasteiger partial charge < -0.3 is 9.08 Å². The molecule has 3 aromatic carbocycles. The predicted octanol–water partition coefficient (Wildman–Crippen LogP) is 6.42. The van der Waals surface area contributed by atoms with Crippen LogP contribution in [0.3, 0.4) is 0 Å². The Labute approximate surface area is 191 Å². The highest BCUT2D eigenvalue weighted by atomic mass is 32.2. The van der Waals surface area contributed by atoms with Crippen molar-refractivity contribution >= 4 is 17.7 Å². The van der Waals surface area contributed by atoms with Crippen LogP contribution in [-0.2, 0) is 12.7 Å². The average Bonchev–Trinajstić information content (AvgIpc) is 2.79. The van der Waals surface area contributed by atoms with Crippen LogP contribution in [0.2, 0.25) is 0 Å². The molecular formula is C25H25F3N2OS. The maximum absolute atomic E-state index is 13.2. The molecule has 1 saturated heterocycles. The molecular weight excluding hydrogens is 433 g/mol. The van der Waals surface area contributed by atoms with Gasteiger partial charge in [0.05, 0.1) is 17.6 Å². The lowest BCUT2D eigenvalue weighted by Crippen LogP contribution is -2.46. The number of piperazine rings is 1. The second-order valence-electron chi connectivity index (χ2n) is 7.89. The molecule has 0 aliphatic carbocycles. The molecule has 1 aliphatic heterocycles. The van der Waals surface area contributed by atoms with Crippen LogP contribution in [0.5, 0.6) is 5.75 Å². The number of hydrogen-bond acceptors (Lipinski definition) is 4. The predicted molar refractivity (Wildman–Crippen MR) is 123 cm³/mol. The van der Waals surface area contributed by atoms with Gasteiger partial charge in [-0.3, -0.25) is 4.90 Å². The van der Waals surface area contributed by atoms with Gasteiger partial charge in [0.15, 0.2) is 0 Å². The molecule has 3 nitrogen and oxygen atoms in total. The molecule has 1 heterocycles. The Hall–Kier alpha value is -2.64. The summed E-state index contributed by atoms with van der Waals surface area (Å²) in [4.78, 5) is 5.38. The van der Waals surface area contributed by atoms with Crippen molar-refractivity contribution in [2.45, 2.75) is 24.5 Å². The van der Waals surface area contributed by atoms with E-state index in [-0.39, 0.29) is 0 Å². The molecule has 4 rings (SSSR count). The third-order valence-corrected chi connectivity index (χ3v) is 6.29. The van der Waals surface area contributed by atoms with Gasteiger partial charge in [0.1, 0.15) is 5.75 Å². The van der Waals surface area contributed by atoms with Crippen LogP contribution in [-0.4, -0.2) is 31.1 Å². The van der Waals surface area contributed by atoms with Gasteiger partial charge in [-0.05, 0) is 55.0 Å². The van der Waals surface area contributed by atoms with Gasteiger partial charge in [-0.25, -0.2) is 0 Å². The van der Waals surface area contributed by atoms with Gasteiger partial charge in [-0.2, -0.15) is 13.2 Å². The zero-order chi connectivity index (χ0) is 22.6. The fourth-order valence-electron chi connectivity index (χ4n) is 3.74. The Morgan fingerprint density at radius 1 is 0.844 bits per heavy atom.